The van der Waals surface area contributed by atoms with E-state index in [1.807, 2.05) is 19.1 Å². The first kappa shape index (κ1) is 9.02. The maximum Gasteiger partial charge on any atom is 0.167 e. The number of aromatic nitrogens is 1. The first-order valence-corrected chi connectivity index (χ1v) is 4.40. The quantitative estimate of drug-likeness (QED) is 0.785. The Kier molecular flexibility index (Phi) is 2.13. The van der Waals surface area contributed by atoms with Gasteiger partial charge >= 0.3 is 0 Å². The van der Waals surface area contributed by atoms with Crippen molar-refractivity contribution in [2.24, 2.45) is 5.73 Å². The molecule has 4 heteroatoms. The summed E-state index contributed by atoms with van der Waals surface area (Å²) >= 11 is 0. The van der Waals surface area contributed by atoms with Gasteiger partial charge in [0.05, 0.1) is 18.2 Å². The summed E-state index contributed by atoms with van der Waals surface area (Å²) in [6.45, 7) is 2.31. The Morgan fingerprint density at radius 2 is 2.29 bits per heavy atom. The van der Waals surface area contributed by atoms with E-state index in [1.165, 1.54) is 0 Å². The third-order valence-corrected chi connectivity index (χ3v) is 2.30. The van der Waals surface area contributed by atoms with E-state index in [2.05, 4.69) is 5.16 Å². The summed E-state index contributed by atoms with van der Waals surface area (Å²) in [7, 11) is 1.63. The predicted octanol–water partition coefficient (Wildman–Crippen LogP) is 1.60. The Hall–Kier alpha value is -1.55. The van der Waals surface area contributed by atoms with Crippen molar-refractivity contribution in [1.82, 2.24) is 5.16 Å². The van der Waals surface area contributed by atoms with Gasteiger partial charge in [0.1, 0.15) is 5.75 Å². The fourth-order valence-electron chi connectivity index (χ4n) is 1.64. The van der Waals surface area contributed by atoms with Crippen LogP contribution in [0.3, 0.4) is 0 Å². The summed E-state index contributed by atoms with van der Waals surface area (Å²) in [5.41, 5.74) is 8.22. The lowest BCUT2D eigenvalue weighted by Crippen LogP contribution is -2.00. The standard InChI is InChI=1S/C10H12N2O2/c1-6-10-7(5-11)8(13-2)3-4-9(10)14-12-6/h3-4H,5,11H2,1-2H3. The molecule has 1 aromatic heterocycles. The molecule has 0 saturated carbocycles. The zero-order valence-electron chi connectivity index (χ0n) is 8.20. The first-order chi connectivity index (χ1) is 6.77. The van der Waals surface area contributed by atoms with E-state index in [0.717, 1.165) is 28.0 Å². The van der Waals surface area contributed by atoms with Gasteiger partial charge in [-0.25, -0.2) is 0 Å². The molecule has 0 spiro atoms. The van der Waals surface area contributed by atoms with Gasteiger partial charge in [-0.2, -0.15) is 0 Å². The van der Waals surface area contributed by atoms with Gasteiger partial charge in [0.25, 0.3) is 0 Å². The largest absolute Gasteiger partial charge is 0.496 e. The van der Waals surface area contributed by atoms with Crippen molar-refractivity contribution in [2.75, 3.05) is 7.11 Å². The Labute approximate surface area is 81.6 Å². The lowest BCUT2D eigenvalue weighted by Gasteiger charge is -2.06. The van der Waals surface area contributed by atoms with Gasteiger partial charge in [-0.1, -0.05) is 5.16 Å². The van der Waals surface area contributed by atoms with Crippen molar-refractivity contribution in [1.29, 1.82) is 0 Å². The average molecular weight is 192 g/mol. The molecule has 0 atom stereocenters. The number of nitrogens with zero attached hydrogens (tertiary/aromatic N) is 1. The van der Waals surface area contributed by atoms with E-state index in [4.69, 9.17) is 15.0 Å². The molecule has 1 aromatic carbocycles. The van der Waals surface area contributed by atoms with Gasteiger partial charge in [0, 0.05) is 12.1 Å². The molecule has 0 saturated heterocycles. The van der Waals surface area contributed by atoms with E-state index in [0.29, 0.717) is 6.54 Å². The van der Waals surface area contributed by atoms with E-state index in [-0.39, 0.29) is 0 Å². The molecule has 0 aliphatic carbocycles. The SMILES string of the molecule is COc1ccc2onc(C)c2c1CN. The van der Waals surface area contributed by atoms with Gasteiger partial charge in [-0.3, -0.25) is 0 Å². The zero-order chi connectivity index (χ0) is 10.1. The van der Waals surface area contributed by atoms with Crippen LogP contribution in [-0.2, 0) is 6.54 Å². The third kappa shape index (κ3) is 1.15. The maximum absolute atomic E-state index is 5.67. The number of aryl methyl sites for hydroxylation is 1. The Morgan fingerprint density at radius 3 is 2.93 bits per heavy atom. The average Bonchev–Trinajstić information content (AvgIpc) is 2.59. The number of benzene rings is 1. The second-order valence-electron chi connectivity index (χ2n) is 3.09. The molecule has 4 nitrogen and oxygen atoms in total. The maximum atomic E-state index is 5.67. The van der Waals surface area contributed by atoms with E-state index in [9.17, 15) is 0 Å². The van der Waals surface area contributed by atoms with Gasteiger partial charge in [-0.05, 0) is 19.1 Å². The second-order valence-corrected chi connectivity index (χ2v) is 3.09. The summed E-state index contributed by atoms with van der Waals surface area (Å²) in [5.74, 6) is 0.784. The molecule has 0 unspecified atom stereocenters. The number of hydrogen-bond donors (Lipinski definition) is 1. The molecule has 2 rings (SSSR count). The monoisotopic (exact) mass is 192 g/mol. The smallest absolute Gasteiger partial charge is 0.167 e. The van der Waals surface area contributed by atoms with Crippen molar-refractivity contribution >= 4 is 11.0 Å². The van der Waals surface area contributed by atoms with E-state index < -0.39 is 0 Å². The molecule has 14 heavy (non-hydrogen) atoms. The molecule has 2 aromatic rings. The Balaban J connectivity index is 2.81. The number of hydrogen-bond acceptors (Lipinski definition) is 4. The second kappa shape index (κ2) is 3.31. The van der Waals surface area contributed by atoms with Crippen LogP contribution in [0.1, 0.15) is 11.3 Å². The van der Waals surface area contributed by atoms with Gasteiger partial charge in [0.2, 0.25) is 0 Å². The molecular weight excluding hydrogens is 180 g/mol. The fraction of sp³-hybridized carbons (Fsp3) is 0.300. The number of rotatable bonds is 2. The van der Waals surface area contributed by atoms with Crippen LogP contribution in [0.5, 0.6) is 5.75 Å². The number of ether oxygens (including phenoxy) is 1. The number of nitrogens with two attached hydrogens (primary N) is 1. The van der Waals surface area contributed by atoms with Crippen molar-refractivity contribution < 1.29 is 9.26 Å². The summed E-state index contributed by atoms with van der Waals surface area (Å²) < 4.78 is 10.3. The highest BCUT2D eigenvalue weighted by molar-refractivity contribution is 5.85. The summed E-state index contributed by atoms with van der Waals surface area (Å²) in [6, 6.07) is 3.68. The Morgan fingerprint density at radius 1 is 1.50 bits per heavy atom. The van der Waals surface area contributed by atoms with E-state index >= 15 is 0 Å². The summed E-state index contributed by atoms with van der Waals surface area (Å²) in [5, 5.41) is 4.86. The fourth-order valence-corrected chi connectivity index (χ4v) is 1.64. The van der Waals surface area contributed by atoms with Crippen molar-refractivity contribution in [2.45, 2.75) is 13.5 Å². The van der Waals surface area contributed by atoms with Gasteiger partial charge in [0.15, 0.2) is 5.58 Å². The molecule has 0 bridgehead atoms. The molecule has 74 valence electrons. The van der Waals surface area contributed by atoms with Crippen molar-refractivity contribution in [3.05, 3.63) is 23.4 Å². The van der Waals surface area contributed by atoms with Crippen LogP contribution < -0.4 is 10.5 Å². The van der Waals surface area contributed by atoms with Crippen LogP contribution in [0.15, 0.2) is 16.7 Å². The lowest BCUT2D eigenvalue weighted by molar-refractivity contribution is 0.410. The molecule has 0 aliphatic rings. The van der Waals surface area contributed by atoms with Crippen LogP contribution in [0, 0.1) is 6.92 Å². The molecule has 0 fully saturated rings. The first-order valence-electron chi connectivity index (χ1n) is 4.40. The minimum absolute atomic E-state index is 0.419. The van der Waals surface area contributed by atoms with Crippen molar-refractivity contribution in [3.63, 3.8) is 0 Å². The van der Waals surface area contributed by atoms with Gasteiger partial charge in [-0.15, -0.1) is 0 Å². The van der Waals surface area contributed by atoms with Crippen LogP contribution >= 0.6 is 0 Å². The molecule has 1 heterocycles. The number of methoxy groups -OCH3 is 1. The summed E-state index contributed by atoms with van der Waals surface area (Å²) in [6.07, 6.45) is 0. The molecule has 2 N–H and O–H groups in total. The Bertz CT molecular complexity index is 462. The van der Waals surface area contributed by atoms with Crippen LogP contribution in [0.2, 0.25) is 0 Å². The van der Waals surface area contributed by atoms with Crippen LogP contribution in [0.25, 0.3) is 11.0 Å². The molecular formula is C10H12N2O2. The minimum Gasteiger partial charge on any atom is -0.496 e. The number of fused-ring (bicyclic) bond motifs is 1. The van der Waals surface area contributed by atoms with Crippen LogP contribution in [-0.4, -0.2) is 12.3 Å². The van der Waals surface area contributed by atoms with Crippen molar-refractivity contribution in [3.8, 4) is 5.75 Å². The highest BCUT2D eigenvalue weighted by Crippen LogP contribution is 2.29. The van der Waals surface area contributed by atoms with E-state index in [1.54, 1.807) is 7.11 Å². The predicted molar refractivity (Wildman–Crippen MR) is 53.2 cm³/mol. The van der Waals surface area contributed by atoms with Gasteiger partial charge < -0.3 is 15.0 Å². The third-order valence-electron chi connectivity index (χ3n) is 2.30. The highest BCUT2D eigenvalue weighted by Gasteiger charge is 2.12. The van der Waals surface area contributed by atoms with Crippen LogP contribution in [0.4, 0.5) is 0 Å². The highest BCUT2D eigenvalue weighted by atomic mass is 16.5. The molecule has 0 radical (unpaired) electrons. The minimum atomic E-state index is 0.419. The zero-order valence-corrected chi connectivity index (χ0v) is 8.20. The topological polar surface area (TPSA) is 61.3 Å². The molecule has 0 aliphatic heterocycles. The molecule has 0 amide bonds. The summed E-state index contributed by atoms with van der Waals surface area (Å²) in [4.78, 5) is 0. The lowest BCUT2D eigenvalue weighted by atomic mass is 10.1. The normalized spacial score (nSPS) is 10.8.